The second kappa shape index (κ2) is 3.24. The van der Waals surface area contributed by atoms with Crippen molar-refractivity contribution in [2.75, 3.05) is 5.73 Å². The molecule has 3 heteroatoms. The summed E-state index contributed by atoms with van der Waals surface area (Å²) in [6.07, 6.45) is 0. The number of nitrogens with two attached hydrogens (primary N) is 1. The lowest BCUT2D eigenvalue weighted by atomic mass is 10.2. The fourth-order valence-electron chi connectivity index (χ4n) is 1.70. The Hall–Kier alpha value is -1.25. The lowest BCUT2D eigenvalue weighted by molar-refractivity contribution is 0.565. The summed E-state index contributed by atoms with van der Waals surface area (Å²) < 4.78 is 2.07. The van der Waals surface area contributed by atoms with E-state index in [9.17, 15) is 4.79 Å². The Labute approximate surface area is 78.2 Å². The molecule has 0 fully saturated rings. The highest BCUT2D eigenvalue weighted by atomic mass is 16.1. The Morgan fingerprint density at radius 2 is 1.92 bits per heavy atom. The number of rotatable bonds is 1. The molecule has 1 heterocycles. The van der Waals surface area contributed by atoms with Gasteiger partial charge in [0.15, 0.2) is 0 Å². The minimum atomic E-state index is -0.0769. The molecule has 72 valence electrons. The first-order chi connectivity index (χ1) is 5.95. The van der Waals surface area contributed by atoms with Gasteiger partial charge in [-0.25, -0.2) is 0 Å². The van der Waals surface area contributed by atoms with Crippen LogP contribution in [0.25, 0.3) is 0 Å². The monoisotopic (exact) mass is 180 g/mol. The van der Waals surface area contributed by atoms with Crippen molar-refractivity contribution in [2.45, 2.75) is 33.7 Å². The Morgan fingerprint density at radius 1 is 1.38 bits per heavy atom. The van der Waals surface area contributed by atoms with Gasteiger partial charge in [0.05, 0.1) is 5.69 Å². The zero-order valence-electron chi connectivity index (χ0n) is 8.59. The molecule has 0 aliphatic heterocycles. The zero-order chi connectivity index (χ0) is 10.2. The zero-order valence-corrected chi connectivity index (χ0v) is 8.59. The van der Waals surface area contributed by atoms with Gasteiger partial charge >= 0.3 is 0 Å². The fraction of sp³-hybridized carbons (Fsp3) is 0.500. The van der Waals surface area contributed by atoms with E-state index in [0.29, 0.717) is 11.7 Å². The minimum Gasteiger partial charge on any atom is -0.394 e. The molecule has 0 amide bonds. The largest absolute Gasteiger partial charge is 0.394 e. The van der Waals surface area contributed by atoms with Crippen molar-refractivity contribution in [3.8, 4) is 0 Å². The predicted octanol–water partition coefficient (Wildman–Crippen LogP) is 1.63. The van der Waals surface area contributed by atoms with Gasteiger partial charge in [-0.3, -0.25) is 4.79 Å². The van der Waals surface area contributed by atoms with Crippen LogP contribution in [0.2, 0.25) is 0 Å². The van der Waals surface area contributed by atoms with Crippen molar-refractivity contribution in [1.29, 1.82) is 0 Å². The molecule has 1 aromatic heterocycles. The standard InChI is InChI=1S/C10H16N2O/c1-6(2)12-7(3)5-9(13)10(11)8(12)4/h5-6H,11H2,1-4H3. The molecular weight excluding hydrogens is 164 g/mol. The molecular formula is C10H16N2O. The smallest absolute Gasteiger partial charge is 0.204 e. The number of nitrogens with zero attached hydrogens (tertiary/aromatic N) is 1. The normalized spacial score (nSPS) is 10.8. The minimum absolute atomic E-state index is 0.0769. The van der Waals surface area contributed by atoms with E-state index in [1.54, 1.807) is 6.07 Å². The number of hydrogen-bond acceptors (Lipinski definition) is 2. The van der Waals surface area contributed by atoms with Gasteiger partial charge in [-0.15, -0.1) is 0 Å². The molecule has 0 saturated carbocycles. The third-order valence-electron chi connectivity index (χ3n) is 2.25. The molecule has 1 aromatic rings. The molecule has 0 aliphatic rings. The van der Waals surface area contributed by atoms with Gasteiger partial charge in [-0.2, -0.15) is 0 Å². The van der Waals surface area contributed by atoms with E-state index < -0.39 is 0 Å². The quantitative estimate of drug-likeness (QED) is 0.714. The second-order valence-corrected chi connectivity index (χ2v) is 3.61. The summed E-state index contributed by atoms with van der Waals surface area (Å²) in [5.41, 5.74) is 7.77. The summed E-state index contributed by atoms with van der Waals surface area (Å²) in [5.74, 6) is 0. The molecule has 0 aromatic carbocycles. The molecule has 1 rings (SSSR count). The molecule has 0 radical (unpaired) electrons. The maximum absolute atomic E-state index is 11.3. The molecule has 0 bridgehead atoms. The first-order valence-corrected chi connectivity index (χ1v) is 4.43. The van der Waals surface area contributed by atoms with Crippen molar-refractivity contribution < 1.29 is 0 Å². The van der Waals surface area contributed by atoms with Gasteiger partial charge in [0.1, 0.15) is 0 Å². The van der Waals surface area contributed by atoms with Gasteiger partial charge in [-0.1, -0.05) is 0 Å². The first kappa shape index (κ1) is 9.84. The van der Waals surface area contributed by atoms with Crippen LogP contribution in [0.5, 0.6) is 0 Å². The number of anilines is 1. The van der Waals surface area contributed by atoms with Crippen molar-refractivity contribution >= 4 is 5.69 Å². The summed E-state index contributed by atoms with van der Waals surface area (Å²) >= 11 is 0. The number of hydrogen-bond donors (Lipinski definition) is 1. The molecule has 0 saturated heterocycles. The van der Waals surface area contributed by atoms with Gasteiger partial charge in [0.2, 0.25) is 5.43 Å². The average molecular weight is 180 g/mol. The average Bonchev–Trinajstić information content (AvgIpc) is 1.99. The van der Waals surface area contributed by atoms with Gasteiger partial charge in [-0.05, 0) is 27.7 Å². The van der Waals surface area contributed by atoms with Crippen molar-refractivity contribution in [3.05, 3.63) is 27.7 Å². The number of aryl methyl sites for hydroxylation is 1. The topological polar surface area (TPSA) is 48.0 Å². The maximum atomic E-state index is 11.3. The van der Waals surface area contributed by atoms with E-state index in [4.69, 9.17) is 5.73 Å². The SMILES string of the molecule is Cc1cc(=O)c(N)c(C)n1C(C)C. The Kier molecular flexibility index (Phi) is 2.45. The van der Waals surface area contributed by atoms with Crippen LogP contribution in [0.1, 0.15) is 31.3 Å². The highest BCUT2D eigenvalue weighted by molar-refractivity contribution is 5.43. The Balaban J connectivity index is 3.53. The third-order valence-corrected chi connectivity index (χ3v) is 2.25. The lowest BCUT2D eigenvalue weighted by Gasteiger charge is -2.19. The van der Waals surface area contributed by atoms with E-state index in [-0.39, 0.29) is 5.43 Å². The molecule has 0 spiro atoms. The summed E-state index contributed by atoms with van der Waals surface area (Å²) in [7, 11) is 0. The van der Waals surface area contributed by atoms with Crippen LogP contribution in [0.4, 0.5) is 5.69 Å². The highest BCUT2D eigenvalue weighted by Crippen LogP contribution is 2.14. The number of pyridine rings is 1. The number of aromatic nitrogens is 1. The highest BCUT2D eigenvalue weighted by Gasteiger charge is 2.08. The predicted molar refractivity (Wildman–Crippen MR) is 55.0 cm³/mol. The van der Waals surface area contributed by atoms with Crippen LogP contribution in [0.15, 0.2) is 10.9 Å². The van der Waals surface area contributed by atoms with Crippen LogP contribution < -0.4 is 11.2 Å². The molecule has 3 nitrogen and oxygen atoms in total. The molecule has 0 unspecified atom stereocenters. The summed E-state index contributed by atoms with van der Waals surface area (Å²) in [5, 5.41) is 0. The van der Waals surface area contributed by atoms with Crippen LogP contribution >= 0.6 is 0 Å². The lowest BCUT2D eigenvalue weighted by Crippen LogP contribution is -2.19. The molecule has 13 heavy (non-hydrogen) atoms. The van der Waals surface area contributed by atoms with Crippen LogP contribution in [0, 0.1) is 13.8 Å². The van der Waals surface area contributed by atoms with E-state index in [1.165, 1.54) is 0 Å². The van der Waals surface area contributed by atoms with E-state index in [2.05, 4.69) is 18.4 Å². The van der Waals surface area contributed by atoms with Crippen LogP contribution in [-0.4, -0.2) is 4.57 Å². The van der Waals surface area contributed by atoms with E-state index >= 15 is 0 Å². The van der Waals surface area contributed by atoms with Gasteiger partial charge < -0.3 is 10.3 Å². The second-order valence-electron chi connectivity index (χ2n) is 3.61. The van der Waals surface area contributed by atoms with Crippen LogP contribution in [0.3, 0.4) is 0 Å². The van der Waals surface area contributed by atoms with Crippen molar-refractivity contribution in [1.82, 2.24) is 4.57 Å². The van der Waals surface area contributed by atoms with E-state index in [0.717, 1.165) is 11.4 Å². The molecule has 2 N–H and O–H groups in total. The van der Waals surface area contributed by atoms with Crippen LogP contribution in [-0.2, 0) is 0 Å². The van der Waals surface area contributed by atoms with Crippen molar-refractivity contribution in [2.24, 2.45) is 0 Å². The first-order valence-electron chi connectivity index (χ1n) is 4.43. The molecule has 0 atom stereocenters. The summed E-state index contributed by atoms with van der Waals surface area (Å²) in [6.45, 7) is 7.95. The third kappa shape index (κ3) is 1.59. The van der Waals surface area contributed by atoms with Gasteiger partial charge in [0, 0.05) is 23.5 Å². The Morgan fingerprint density at radius 3 is 2.38 bits per heavy atom. The van der Waals surface area contributed by atoms with E-state index in [1.807, 2.05) is 13.8 Å². The van der Waals surface area contributed by atoms with Crippen molar-refractivity contribution in [3.63, 3.8) is 0 Å². The number of nitrogen functional groups attached to an aromatic ring is 1. The molecule has 0 aliphatic carbocycles. The van der Waals surface area contributed by atoms with Gasteiger partial charge in [0.25, 0.3) is 0 Å². The maximum Gasteiger partial charge on any atom is 0.204 e. The summed E-state index contributed by atoms with van der Waals surface area (Å²) in [6, 6.07) is 1.92. The Bertz CT molecular complexity index is 377. The fourth-order valence-corrected chi connectivity index (χ4v) is 1.70. The summed E-state index contributed by atoms with van der Waals surface area (Å²) in [4.78, 5) is 11.3.